The number of aromatic nitrogens is 2. The van der Waals surface area contributed by atoms with Gasteiger partial charge in [-0.05, 0) is 37.2 Å². The number of hydrogen-bond donors (Lipinski definition) is 2. The number of likely N-dealkylation sites (N-methyl/N-ethyl adjacent to an activating group) is 1. The van der Waals surface area contributed by atoms with Crippen LogP contribution in [0, 0.1) is 0 Å². The second-order valence-electron chi connectivity index (χ2n) is 9.69. The lowest BCUT2D eigenvalue weighted by Gasteiger charge is -2.31. The average molecular weight is 486 g/mol. The molecule has 34 heavy (non-hydrogen) atoms. The van der Waals surface area contributed by atoms with Crippen molar-refractivity contribution < 1.29 is 14.3 Å². The molecule has 0 saturated heterocycles. The van der Waals surface area contributed by atoms with Crippen molar-refractivity contribution in [1.82, 2.24) is 20.0 Å². The summed E-state index contributed by atoms with van der Waals surface area (Å²) in [4.78, 5) is 27.2. The number of amides is 2. The van der Waals surface area contributed by atoms with Crippen molar-refractivity contribution in [2.45, 2.75) is 38.6 Å². The number of carbonyl (C=O) groups is 2. The van der Waals surface area contributed by atoms with Crippen LogP contribution < -0.4 is 15.4 Å². The summed E-state index contributed by atoms with van der Waals surface area (Å²) >= 11 is 0. The largest absolute Gasteiger partial charge is 0.493 e. The highest BCUT2D eigenvalue weighted by atomic mass is 35.5. The first-order valence-corrected chi connectivity index (χ1v) is 11.1. The molecule has 0 fully saturated rings. The summed E-state index contributed by atoms with van der Waals surface area (Å²) in [5.74, 6) is 0.731. The zero-order valence-electron chi connectivity index (χ0n) is 20.2. The molecule has 4 rings (SSSR count). The minimum Gasteiger partial charge on any atom is -0.493 e. The molecule has 3 aromatic rings. The first-order valence-electron chi connectivity index (χ1n) is 11.1. The van der Waals surface area contributed by atoms with E-state index in [0.29, 0.717) is 29.6 Å². The molecule has 1 aromatic heterocycles. The van der Waals surface area contributed by atoms with Gasteiger partial charge in [-0.15, -0.1) is 12.4 Å². The second kappa shape index (κ2) is 10.0. The Labute approximate surface area is 206 Å². The molecule has 0 aliphatic carbocycles. The van der Waals surface area contributed by atoms with Crippen molar-refractivity contribution >= 4 is 40.9 Å². The van der Waals surface area contributed by atoms with Crippen molar-refractivity contribution in [2.24, 2.45) is 0 Å². The van der Waals surface area contributed by atoms with Gasteiger partial charge in [0.2, 0.25) is 0 Å². The van der Waals surface area contributed by atoms with Crippen LogP contribution in [0.4, 0.5) is 10.5 Å². The van der Waals surface area contributed by atoms with Gasteiger partial charge >= 0.3 is 6.03 Å². The molecule has 1 unspecified atom stereocenters. The van der Waals surface area contributed by atoms with E-state index in [-0.39, 0.29) is 42.3 Å². The van der Waals surface area contributed by atoms with Gasteiger partial charge in [-0.1, -0.05) is 45.0 Å². The van der Waals surface area contributed by atoms with E-state index in [0.717, 1.165) is 16.9 Å². The number of nitrogens with one attached hydrogen (secondary N) is 2. The van der Waals surface area contributed by atoms with Crippen LogP contribution in [0.15, 0.2) is 42.6 Å². The van der Waals surface area contributed by atoms with E-state index in [4.69, 9.17) is 4.74 Å². The Morgan fingerprint density at radius 1 is 1.18 bits per heavy atom. The number of nitrogens with zero attached hydrogens (tertiary/aromatic N) is 3. The van der Waals surface area contributed by atoms with Crippen LogP contribution in [0.5, 0.6) is 5.75 Å². The molecule has 0 spiro atoms. The average Bonchev–Trinajstić information content (AvgIpc) is 3.18. The summed E-state index contributed by atoms with van der Waals surface area (Å²) in [5, 5.41) is 11.0. The molecule has 8 nitrogen and oxygen atoms in total. The summed E-state index contributed by atoms with van der Waals surface area (Å²) in [6.07, 6.45) is 2.30. The smallest absolute Gasteiger partial charge is 0.319 e. The Balaban J connectivity index is 0.00000324. The van der Waals surface area contributed by atoms with Crippen LogP contribution >= 0.6 is 12.4 Å². The number of para-hydroxylation sites is 1. The number of halogens is 1. The summed E-state index contributed by atoms with van der Waals surface area (Å²) in [7, 11) is 3.67. The first kappa shape index (κ1) is 25.5. The maximum absolute atomic E-state index is 12.9. The first-order chi connectivity index (χ1) is 15.6. The minimum atomic E-state index is -0.311. The molecule has 2 amide bonds. The van der Waals surface area contributed by atoms with Gasteiger partial charge in [0.15, 0.2) is 0 Å². The van der Waals surface area contributed by atoms with Crippen molar-refractivity contribution in [3.63, 3.8) is 0 Å². The molecule has 2 heterocycles. The third kappa shape index (κ3) is 5.18. The summed E-state index contributed by atoms with van der Waals surface area (Å²) in [5.41, 5.74) is 3.32. The molecule has 182 valence electrons. The number of benzene rings is 2. The highest BCUT2D eigenvalue weighted by Gasteiger charge is 2.29. The van der Waals surface area contributed by atoms with Gasteiger partial charge < -0.3 is 20.3 Å². The lowest BCUT2D eigenvalue weighted by Crippen LogP contribution is -2.35. The van der Waals surface area contributed by atoms with Gasteiger partial charge in [0.25, 0.3) is 5.91 Å². The molecule has 1 aliphatic rings. The van der Waals surface area contributed by atoms with Gasteiger partial charge in [-0.2, -0.15) is 9.78 Å². The molecule has 0 radical (unpaired) electrons. The van der Waals surface area contributed by atoms with E-state index in [2.05, 4.69) is 42.6 Å². The van der Waals surface area contributed by atoms with Gasteiger partial charge in [-0.3, -0.25) is 4.79 Å². The van der Waals surface area contributed by atoms with Crippen LogP contribution in [0.3, 0.4) is 0 Å². The monoisotopic (exact) mass is 485 g/mol. The molecular formula is C25H32ClN5O3. The number of carbonyl (C=O) groups excluding carboxylic acids is 2. The van der Waals surface area contributed by atoms with E-state index in [1.165, 1.54) is 4.68 Å². The second-order valence-corrected chi connectivity index (χ2v) is 9.69. The van der Waals surface area contributed by atoms with E-state index < -0.39 is 0 Å². The van der Waals surface area contributed by atoms with Gasteiger partial charge in [0, 0.05) is 17.4 Å². The van der Waals surface area contributed by atoms with Gasteiger partial charge in [0.05, 0.1) is 36.6 Å². The van der Waals surface area contributed by atoms with Gasteiger partial charge in [-0.25, -0.2) is 4.79 Å². The van der Waals surface area contributed by atoms with Crippen molar-refractivity contribution in [1.29, 1.82) is 0 Å². The number of rotatable bonds is 4. The quantitative estimate of drug-likeness (QED) is 0.563. The van der Waals surface area contributed by atoms with Crippen LogP contribution in [0.2, 0.25) is 0 Å². The number of ether oxygens (including phenoxy) is 1. The molecule has 2 N–H and O–H groups in total. The molecular weight excluding hydrogens is 454 g/mol. The predicted molar refractivity (Wildman–Crippen MR) is 136 cm³/mol. The van der Waals surface area contributed by atoms with Gasteiger partial charge in [0.1, 0.15) is 5.75 Å². The number of anilines is 1. The Bertz CT molecular complexity index is 1200. The summed E-state index contributed by atoms with van der Waals surface area (Å²) in [6.45, 7) is 7.25. The fourth-order valence-corrected chi connectivity index (χ4v) is 4.18. The third-order valence-electron chi connectivity index (χ3n) is 5.74. The van der Waals surface area contributed by atoms with E-state index in [1.807, 2.05) is 32.3 Å². The fraction of sp³-hybridized carbons (Fsp3) is 0.400. The van der Waals surface area contributed by atoms with E-state index in [1.54, 1.807) is 23.2 Å². The summed E-state index contributed by atoms with van der Waals surface area (Å²) < 4.78 is 7.38. The lowest BCUT2D eigenvalue weighted by molar-refractivity contribution is 0.0866. The Kier molecular flexibility index (Phi) is 7.53. The maximum atomic E-state index is 12.9. The normalized spacial score (nSPS) is 15.3. The number of urea groups is 1. The lowest BCUT2D eigenvalue weighted by atomic mass is 9.83. The molecule has 9 heteroatoms. The topological polar surface area (TPSA) is 88.5 Å². The zero-order chi connectivity index (χ0) is 23.8. The zero-order valence-corrected chi connectivity index (χ0v) is 21.0. The highest BCUT2D eigenvalue weighted by molar-refractivity contribution is 6.03. The standard InChI is InChI=1S/C25H31N5O3.ClH/c1-25(2,3)18-9-6-8-16-20(12-13-33-23(16)18)28-24(32)27-19-10-7-11-21-17(19)14-26-30(21)22(31)15-29(4)5;/h6-11,14,20H,12-13,15H2,1-5H3,(H2,27,28,32);1H. The molecule has 2 aromatic carbocycles. The Morgan fingerprint density at radius 3 is 2.62 bits per heavy atom. The van der Waals surface area contributed by atoms with Crippen LogP contribution in [0.25, 0.3) is 10.9 Å². The minimum absolute atomic E-state index is 0. The SMILES string of the molecule is CN(C)CC(=O)n1ncc2c(NC(=O)NC3CCOc4c3cccc4C(C)(C)C)cccc21.Cl. The van der Waals surface area contributed by atoms with Crippen LogP contribution in [-0.2, 0) is 5.41 Å². The van der Waals surface area contributed by atoms with Crippen LogP contribution in [0.1, 0.15) is 49.2 Å². The van der Waals surface area contributed by atoms with Crippen LogP contribution in [-0.4, -0.2) is 53.9 Å². The molecule has 0 saturated carbocycles. The van der Waals surface area contributed by atoms with Crippen molar-refractivity contribution in [3.05, 3.63) is 53.7 Å². The summed E-state index contributed by atoms with van der Waals surface area (Å²) in [6, 6.07) is 11.1. The number of fused-ring (bicyclic) bond motifs is 2. The van der Waals surface area contributed by atoms with Crippen molar-refractivity contribution in [3.8, 4) is 5.75 Å². The molecule has 1 aliphatic heterocycles. The Morgan fingerprint density at radius 2 is 1.91 bits per heavy atom. The predicted octanol–water partition coefficient (Wildman–Crippen LogP) is 4.60. The third-order valence-corrected chi connectivity index (χ3v) is 5.74. The fourth-order valence-electron chi connectivity index (χ4n) is 4.18. The van der Waals surface area contributed by atoms with E-state index >= 15 is 0 Å². The van der Waals surface area contributed by atoms with Crippen molar-refractivity contribution in [2.75, 3.05) is 32.6 Å². The Hall–Kier alpha value is -3.10. The number of hydrogen-bond acceptors (Lipinski definition) is 5. The highest BCUT2D eigenvalue weighted by Crippen LogP contribution is 2.40. The van der Waals surface area contributed by atoms with E-state index in [9.17, 15) is 9.59 Å². The molecule has 0 bridgehead atoms. The maximum Gasteiger partial charge on any atom is 0.319 e. The molecule has 1 atom stereocenters.